The number of morpholine rings is 1. The molecule has 1 saturated heterocycles. The summed E-state index contributed by atoms with van der Waals surface area (Å²) in [7, 11) is 0. The SMILES string of the molecule is CC(C)C(Br)C(=O)N1CCOC2CCCC21. The van der Waals surface area contributed by atoms with Crippen LogP contribution in [0.1, 0.15) is 33.1 Å². The van der Waals surface area contributed by atoms with Crippen molar-refractivity contribution < 1.29 is 9.53 Å². The summed E-state index contributed by atoms with van der Waals surface area (Å²) in [6.45, 7) is 5.60. The summed E-state index contributed by atoms with van der Waals surface area (Å²) in [6, 6.07) is 0.333. The van der Waals surface area contributed by atoms with E-state index in [0.717, 1.165) is 19.4 Å². The minimum atomic E-state index is -0.0492. The molecule has 1 saturated carbocycles. The third-order valence-corrected chi connectivity index (χ3v) is 5.04. The molecule has 1 aliphatic carbocycles. The van der Waals surface area contributed by atoms with Crippen molar-refractivity contribution in [3.8, 4) is 0 Å². The van der Waals surface area contributed by atoms with Gasteiger partial charge in [0.05, 0.1) is 23.6 Å². The number of rotatable bonds is 2. The van der Waals surface area contributed by atoms with Gasteiger partial charge < -0.3 is 9.64 Å². The van der Waals surface area contributed by atoms with Gasteiger partial charge in [-0.3, -0.25) is 4.79 Å². The largest absolute Gasteiger partial charge is 0.374 e. The van der Waals surface area contributed by atoms with Crippen LogP contribution in [0.25, 0.3) is 0 Å². The van der Waals surface area contributed by atoms with Gasteiger partial charge in [0, 0.05) is 6.54 Å². The summed E-state index contributed by atoms with van der Waals surface area (Å²) in [5, 5.41) is 0. The lowest BCUT2D eigenvalue weighted by Gasteiger charge is -2.39. The number of amides is 1. The van der Waals surface area contributed by atoms with Crippen molar-refractivity contribution in [2.24, 2.45) is 5.92 Å². The summed E-state index contributed by atoms with van der Waals surface area (Å²) in [5.74, 6) is 0.588. The van der Waals surface area contributed by atoms with Crippen molar-refractivity contribution in [2.75, 3.05) is 13.2 Å². The van der Waals surface area contributed by atoms with Crippen LogP contribution in [0, 0.1) is 5.92 Å². The van der Waals surface area contributed by atoms with Crippen LogP contribution in [-0.4, -0.2) is 40.9 Å². The van der Waals surface area contributed by atoms with Gasteiger partial charge in [0.1, 0.15) is 0 Å². The highest BCUT2D eigenvalue weighted by atomic mass is 79.9. The molecule has 3 unspecified atom stereocenters. The van der Waals surface area contributed by atoms with Crippen LogP contribution in [0.5, 0.6) is 0 Å². The normalized spacial score (nSPS) is 31.6. The molecule has 16 heavy (non-hydrogen) atoms. The molecule has 0 N–H and O–H groups in total. The second-order valence-electron chi connectivity index (χ2n) is 5.08. The highest BCUT2D eigenvalue weighted by Gasteiger charge is 2.40. The molecule has 0 radical (unpaired) electrons. The minimum Gasteiger partial charge on any atom is -0.374 e. The van der Waals surface area contributed by atoms with Crippen LogP contribution < -0.4 is 0 Å². The average Bonchev–Trinajstić information content (AvgIpc) is 2.74. The lowest BCUT2D eigenvalue weighted by molar-refractivity contribution is -0.143. The molecule has 0 aromatic rings. The fourth-order valence-electron chi connectivity index (χ4n) is 2.64. The zero-order valence-corrected chi connectivity index (χ0v) is 11.6. The van der Waals surface area contributed by atoms with Crippen LogP contribution in [0.3, 0.4) is 0 Å². The molecule has 0 spiro atoms. The number of alkyl halides is 1. The zero-order chi connectivity index (χ0) is 11.7. The maximum atomic E-state index is 12.3. The Morgan fingerprint density at radius 2 is 2.19 bits per heavy atom. The van der Waals surface area contributed by atoms with E-state index in [2.05, 4.69) is 29.8 Å². The highest BCUT2D eigenvalue weighted by Crippen LogP contribution is 2.31. The van der Waals surface area contributed by atoms with Crippen molar-refractivity contribution >= 4 is 21.8 Å². The Hall–Kier alpha value is -0.0900. The Morgan fingerprint density at radius 3 is 2.88 bits per heavy atom. The Morgan fingerprint density at radius 1 is 1.44 bits per heavy atom. The van der Waals surface area contributed by atoms with Gasteiger partial charge in [-0.2, -0.15) is 0 Å². The lowest BCUT2D eigenvalue weighted by Crippen LogP contribution is -2.53. The Bertz CT molecular complexity index is 270. The van der Waals surface area contributed by atoms with Gasteiger partial charge in [0.15, 0.2) is 0 Å². The molecule has 2 aliphatic rings. The van der Waals surface area contributed by atoms with Crippen molar-refractivity contribution in [3.63, 3.8) is 0 Å². The van der Waals surface area contributed by atoms with Crippen molar-refractivity contribution in [1.29, 1.82) is 0 Å². The molecule has 1 heterocycles. The van der Waals surface area contributed by atoms with Gasteiger partial charge in [-0.15, -0.1) is 0 Å². The van der Waals surface area contributed by atoms with E-state index < -0.39 is 0 Å². The number of ether oxygens (including phenoxy) is 1. The summed E-state index contributed by atoms with van der Waals surface area (Å²) in [6.07, 6.45) is 3.70. The number of hydrogen-bond donors (Lipinski definition) is 0. The van der Waals surface area contributed by atoms with Crippen molar-refractivity contribution in [3.05, 3.63) is 0 Å². The molecular formula is C12H20BrNO2. The second-order valence-corrected chi connectivity index (χ2v) is 6.07. The first-order valence-corrected chi connectivity index (χ1v) is 7.09. The quantitative estimate of drug-likeness (QED) is 0.730. The molecule has 0 aromatic heterocycles. The van der Waals surface area contributed by atoms with Crippen LogP contribution in [-0.2, 0) is 9.53 Å². The van der Waals surface area contributed by atoms with Gasteiger partial charge in [-0.05, 0) is 25.2 Å². The molecule has 2 rings (SSSR count). The van der Waals surface area contributed by atoms with Crippen molar-refractivity contribution in [2.45, 2.75) is 50.1 Å². The van der Waals surface area contributed by atoms with Crippen molar-refractivity contribution in [1.82, 2.24) is 4.90 Å². The Labute approximate surface area is 106 Å². The molecule has 0 bridgehead atoms. The van der Waals surface area contributed by atoms with E-state index in [-0.39, 0.29) is 10.7 Å². The number of carbonyl (C=O) groups excluding carboxylic acids is 1. The lowest BCUT2D eigenvalue weighted by atomic mass is 10.1. The van der Waals surface area contributed by atoms with Gasteiger partial charge >= 0.3 is 0 Å². The topological polar surface area (TPSA) is 29.5 Å². The van der Waals surface area contributed by atoms with E-state index in [4.69, 9.17) is 4.74 Å². The average molecular weight is 290 g/mol. The standard InChI is InChI=1S/C12H20BrNO2/c1-8(2)11(13)12(15)14-6-7-16-10-5-3-4-9(10)14/h8-11H,3-7H2,1-2H3. The van der Waals surface area contributed by atoms with Gasteiger partial charge in [0.25, 0.3) is 0 Å². The first kappa shape index (κ1) is 12.4. The van der Waals surface area contributed by atoms with Crippen LogP contribution in [0.15, 0.2) is 0 Å². The molecule has 3 atom stereocenters. The first-order chi connectivity index (χ1) is 7.61. The molecule has 2 fully saturated rings. The highest BCUT2D eigenvalue weighted by molar-refractivity contribution is 9.10. The number of hydrogen-bond acceptors (Lipinski definition) is 2. The van der Waals surface area contributed by atoms with E-state index in [9.17, 15) is 4.79 Å². The minimum absolute atomic E-state index is 0.0492. The number of carbonyl (C=O) groups is 1. The van der Waals surface area contributed by atoms with Gasteiger partial charge in [-0.25, -0.2) is 0 Å². The van der Waals surface area contributed by atoms with E-state index in [1.807, 2.05) is 4.90 Å². The molecule has 4 heteroatoms. The van der Waals surface area contributed by atoms with Crippen LogP contribution >= 0.6 is 15.9 Å². The predicted molar refractivity (Wildman–Crippen MR) is 66.6 cm³/mol. The molecule has 1 amide bonds. The molecular weight excluding hydrogens is 270 g/mol. The fraction of sp³-hybridized carbons (Fsp3) is 0.917. The number of fused-ring (bicyclic) bond motifs is 1. The van der Waals surface area contributed by atoms with Gasteiger partial charge in [-0.1, -0.05) is 29.8 Å². The van der Waals surface area contributed by atoms with E-state index >= 15 is 0 Å². The van der Waals surface area contributed by atoms with E-state index in [0.29, 0.717) is 24.7 Å². The smallest absolute Gasteiger partial charge is 0.237 e. The molecule has 92 valence electrons. The Kier molecular flexibility index (Phi) is 3.90. The molecule has 1 aliphatic heterocycles. The second kappa shape index (κ2) is 5.05. The van der Waals surface area contributed by atoms with Crippen LogP contribution in [0.2, 0.25) is 0 Å². The van der Waals surface area contributed by atoms with E-state index in [1.54, 1.807) is 0 Å². The van der Waals surface area contributed by atoms with E-state index in [1.165, 1.54) is 6.42 Å². The zero-order valence-electron chi connectivity index (χ0n) is 9.99. The maximum Gasteiger partial charge on any atom is 0.237 e. The third-order valence-electron chi connectivity index (χ3n) is 3.59. The van der Waals surface area contributed by atoms with Crippen LogP contribution in [0.4, 0.5) is 0 Å². The maximum absolute atomic E-state index is 12.3. The Balaban J connectivity index is 2.05. The third kappa shape index (κ3) is 2.28. The number of nitrogens with zero attached hydrogens (tertiary/aromatic N) is 1. The summed E-state index contributed by atoms with van der Waals surface area (Å²) in [4.78, 5) is 14.3. The number of halogens is 1. The predicted octanol–water partition coefficient (Wildman–Crippen LogP) is 2.19. The fourth-order valence-corrected chi connectivity index (χ4v) is 2.91. The summed E-state index contributed by atoms with van der Waals surface area (Å²) < 4.78 is 5.71. The summed E-state index contributed by atoms with van der Waals surface area (Å²) >= 11 is 3.51. The molecule has 0 aromatic carbocycles. The summed E-state index contributed by atoms with van der Waals surface area (Å²) in [5.41, 5.74) is 0. The molecule has 3 nitrogen and oxygen atoms in total. The first-order valence-electron chi connectivity index (χ1n) is 6.17. The monoisotopic (exact) mass is 289 g/mol. The van der Waals surface area contributed by atoms with Gasteiger partial charge in [0.2, 0.25) is 5.91 Å².